The molecule has 0 saturated carbocycles. The van der Waals surface area contributed by atoms with E-state index >= 15 is 0 Å². The second kappa shape index (κ2) is 9.67. The van der Waals surface area contributed by atoms with E-state index in [0.717, 1.165) is 25.8 Å². The van der Waals surface area contributed by atoms with Gasteiger partial charge in [0.2, 0.25) is 0 Å². The Labute approximate surface area is 173 Å². The zero-order valence-corrected chi connectivity index (χ0v) is 17.3. The number of aryl methyl sites for hydroxylation is 1. The lowest BCUT2D eigenvalue weighted by molar-refractivity contribution is 0.0462. The highest BCUT2D eigenvalue weighted by molar-refractivity contribution is 14.1. The third-order valence-corrected chi connectivity index (χ3v) is 4.95. The molecule has 0 aliphatic carbocycles. The molecular formula is C23H21IO3. The lowest BCUT2D eigenvalue weighted by atomic mass is 10.1. The fourth-order valence-electron chi connectivity index (χ4n) is 2.80. The van der Waals surface area contributed by atoms with Crippen LogP contribution in [0.5, 0.6) is 0 Å². The van der Waals surface area contributed by atoms with Gasteiger partial charge in [-0.25, -0.2) is 4.79 Å². The average Bonchev–Trinajstić information content (AvgIpc) is 2.67. The summed E-state index contributed by atoms with van der Waals surface area (Å²) in [6, 6.07) is 23.7. The maximum absolute atomic E-state index is 12.7. The molecule has 3 aromatic carbocycles. The molecule has 3 nitrogen and oxygen atoms in total. The number of hydrogen-bond donors (Lipinski definition) is 0. The smallest absolute Gasteiger partial charge is 0.339 e. The predicted octanol–water partition coefficient (Wildman–Crippen LogP) is 5.67. The van der Waals surface area contributed by atoms with Crippen molar-refractivity contribution in [3.8, 4) is 0 Å². The zero-order valence-electron chi connectivity index (χ0n) is 15.2. The molecule has 0 radical (unpaired) electrons. The SMILES string of the molecule is Cc1cc(I)c(C(=O)OCc2ccccc2)c(COCc2ccccc2)c1. The summed E-state index contributed by atoms with van der Waals surface area (Å²) in [5, 5.41) is 0. The molecule has 27 heavy (non-hydrogen) atoms. The number of carbonyl (C=O) groups excluding carboxylic acids is 1. The quantitative estimate of drug-likeness (QED) is 0.328. The van der Waals surface area contributed by atoms with Gasteiger partial charge in [-0.05, 0) is 57.8 Å². The summed E-state index contributed by atoms with van der Waals surface area (Å²) < 4.78 is 12.3. The summed E-state index contributed by atoms with van der Waals surface area (Å²) in [5.41, 5.74) is 4.61. The van der Waals surface area contributed by atoms with E-state index in [1.54, 1.807) is 0 Å². The average molecular weight is 472 g/mol. The lowest BCUT2D eigenvalue weighted by Gasteiger charge is -2.13. The van der Waals surface area contributed by atoms with Gasteiger partial charge in [-0.15, -0.1) is 0 Å². The van der Waals surface area contributed by atoms with Gasteiger partial charge >= 0.3 is 5.97 Å². The molecule has 0 aromatic heterocycles. The number of carbonyl (C=O) groups is 1. The van der Waals surface area contributed by atoms with E-state index in [4.69, 9.17) is 9.47 Å². The van der Waals surface area contributed by atoms with Gasteiger partial charge in [0.25, 0.3) is 0 Å². The van der Waals surface area contributed by atoms with E-state index in [1.807, 2.05) is 79.7 Å². The summed E-state index contributed by atoms with van der Waals surface area (Å²) in [4.78, 5) is 12.7. The van der Waals surface area contributed by atoms with E-state index < -0.39 is 0 Å². The van der Waals surface area contributed by atoms with Crippen LogP contribution in [-0.4, -0.2) is 5.97 Å². The van der Waals surface area contributed by atoms with E-state index in [2.05, 4.69) is 22.6 Å². The lowest BCUT2D eigenvalue weighted by Crippen LogP contribution is -2.12. The second-order valence-corrected chi connectivity index (χ2v) is 7.48. The molecule has 0 aliphatic heterocycles. The standard InChI is InChI=1S/C23H21IO3/c1-17-12-20(16-26-14-18-8-4-2-5-9-18)22(21(24)13-17)23(25)27-15-19-10-6-3-7-11-19/h2-13H,14-16H2,1H3. The highest BCUT2D eigenvalue weighted by atomic mass is 127. The van der Waals surface area contributed by atoms with Crippen LogP contribution in [0, 0.1) is 10.5 Å². The first kappa shape index (κ1) is 19.6. The molecular weight excluding hydrogens is 451 g/mol. The first-order valence-electron chi connectivity index (χ1n) is 8.75. The van der Waals surface area contributed by atoms with Crippen molar-refractivity contribution in [3.05, 3.63) is 104 Å². The fraction of sp³-hybridized carbons (Fsp3) is 0.174. The van der Waals surface area contributed by atoms with Gasteiger partial charge in [-0.3, -0.25) is 0 Å². The first-order chi connectivity index (χ1) is 13.1. The van der Waals surface area contributed by atoms with Crippen LogP contribution in [0.25, 0.3) is 0 Å². The monoisotopic (exact) mass is 472 g/mol. The van der Waals surface area contributed by atoms with Gasteiger partial charge in [-0.1, -0.05) is 66.7 Å². The van der Waals surface area contributed by atoms with Crippen molar-refractivity contribution in [2.24, 2.45) is 0 Å². The van der Waals surface area contributed by atoms with Gasteiger partial charge in [0.05, 0.1) is 18.8 Å². The summed E-state index contributed by atoms with van der Waals surface area (Å²) in [6.45, 7) is 3.14. The highest BCUT2D eigenvalue weighted by Gasteiger charge is 2.18. The van der Waals surface area contributed by atoms with Crippen molar-refractivity contribution in [1.82, 2.24) is 0 Å². The highest BCUT2D eigenvalue weighted by Crippen LogP contribution is 2.22. The van der Waals surface area contributed by atoms with Gasteiger partial charge in [0.15, 0.2) is 0 Å². The number of rotatable bonds is 7. The van der Waals surface area contributed by atoms with E-state index in [-0.39, 0.29) is 12.6 Å². The van der Waals surface area contributed by atoms with Crippen LogP contribution in [0.3, 0.4) is 0 Å². The molecule has 0 heterocycles. The van der Waals surface area contributed by atoms with Crippen molar-refractivity contribution in [2.75, 3.05) is 0 Å². The molecule has 0 N–H and O–H groups in total. The maximum Gasteiger partial charge on any atom is 0.339 e. The Morgan fingerprint density at radius 2 is 1.44 bits per heavy atom. The van der Waals surface area contributed by atoms with Crippen LogP contribution in [0.1, 0.15) is 32.6 Å². The van der Waals surface area contributed by atoms with Crippen LogP contribution in [0.2, 0.25) is 0 Å². The van der Waals surface area contributed by atoms with E-state index in [1.165, 1.54) is 0 Å². The molecule has 0 amide bonds. The minimum atomic E-state index is -0.318. The van der Waals surface area contributed by atoms with Gasteiger partial charge < -0.3 is 9.47 Å². The molecule has 0 atom stereocenters. The maximum atomic E-state index is 12.7. The topological polar surface area (TPSA) is 35.5 Å². The molecule has 138 valence electrons. The summed E-state index contributed by atoms with van der Waals surface area (Å²) in [7, 11) is 0. The first-order valence-corrected chi connectivity index (χ1v) is 9.83. The van der Waals surface area contributed by atoms with Crippen molar-refractivity contribution >= 4 is 28.6 Å². The largest absolute Gasteiger partial charge is 0.457 e. The van der Waals surface area contributed by atoms with Crippen molar-refractivity contribution in [3.63, 3.8) is 0 Å². The summed E-state index contributed by atoms with van der Waals surface area (Å²) in [6.07, 6.45) is 0. The predicted molar refractivity (Wildman–Crippen MR) is 114 cm³/mol. The third-order valence-electron chi connectivity index (χ3n) is 4.10. The molecule has 0 unspecified atom stereocenters. The molecule has 0 saturated heterocycles. The molecule has 3 aromatic rings. The van der Waals surface area contributed by atoms with Crippen LogP contribution >= 0.6 is 22.6 Å². The molecule has 0 spiro atoms. The van der Waals surface area contributed by atoms with Gasteiger partial charge in [0, 0.05) is 3.57 Å². The third kappa shape index (κ3) is 5.65. The number of hydrogen-bond acceptors (Lipinski definition) is 3. The Hall–Kier alpha value is -2.18. The number of ether oxygens (including phenoxy) is 2. The Kier molecular flexibility index (Phi) is 7.01. The minimum Gasteiger partial charge on any atom is -0.457 e. The summed E-state index contributed by atoms with van der Waals surface area (Å²) in [5.74, 6) is -0.318. The molecule has 0 fully saturated rings. The van der Waals surface area contributed by atoms with Crippen LogP contribution in [-0.2, 0) is 29.3 Å². The number of benzene rings is 3. The Morgan fingerprint density at radius 1 is 0.852 bits per heavy atom. The molecule has 4 heteroatoms. The fourth-order valence-corrected chi connectivity index (χ4v) is 3.86. The van der Waals surface area contributed by atoms with Crippen LogP contribution < -0.4 is 0 Å². The van der Waals surface area contributed by atoms with E-state index in [9.17, 15) is 4.79 Å². The second-order valence-electron chi connectivity index (χ2n) is 6.32. The minimum absolute atomic E-state index is 0.258. The molecule has 0 aliphatic rings. The van der Waals surface area contributed by atoms with Crippen LogP contribution in [0.4, 0.5) is 0 Å². The van der Waals surface area contributed by atoms with Crippen molar-refractivity contribution in [1.29, 1.82) is 0 Å². The summed E-state index contributed by atoms with van der Waals surface area (Å²) >= 11 is 2.19. The van der Waals surface area contributed by atoms with Crippen LogP contribution in [0.15, 0.2) is 72.8 Å². The van der Waals surface area contributed by atoms with Gasteiger partial charge in [0.1, 0.15) is 6.61 Å². The number of halogens is 1. The molecule has 3 rings (SSSR count). The van der Waals surface area contributed by atoms with Crippen molar-refractivity contribution < 1.29 is 14.3 Å². The number of esters is 1. The normalized spacial score (nSPS) is 10.6. The Morgan fingerprint density at radius 3 is 2.07 bits per heavy atom. The Balaban J connectivity index is 1.70. The van der Waals surface area contributed by atoms with Gasteiger partial charge in [-0.2, -0.15) is 0 Å². The zero-order chi connectivity index (χ0) is 19.1. The van der Waals surface area contributed by atoms with Crippen molar-refractivity contribution in [2.45, 2.75) is 26.7 Å². The van der Waals surface area contributed by atoms with E-state index in [0.29, 0.717) is 18.8 Å². The Bertz CT molecular complexity index is 892. The molecule has 0 bridgehead atoms.